The lowest BCUT2D eigenvalue weighted by atomic mass is 10.0. The normalized spacial score (nSPS) is 10.9. The molecular weight excluding hydrogens is 396 g/mol. The van der Waals surface area contributed by atoms with E-state index < -0.39 is 16.5 Å². The number of esters is 1. The summed E-state index contributed by atoms with van der Waals surface area (Å²) in [6.45, 7) is 5.29. The topological polar surface area (TPSA) is 98.5 Å². The van der Waals surface area contributed by atoms with Gasteiger partial charge in [-0.05, 0) is 68.3 Å². The third-order valence-electron chi connectivity index (χ3n) is 4.33. The molecule has 0 aliphatic heterocycles. The van der Waals surface area contributed by atoms with Gasteiger partial charge in [0, 0.05) is 17.7 Å². The number of carbonyl (C=O) groups is 2. The molecule has 0 aliphatic carbocycles. The molecule has 158 valence electrons. The molecular formula is C24H22N2O5. The third kappa shape index (κ3) is 5.54. The van der Waals surface area contributed by atoms with Crippen molar-refractivity contribution in [2.45, 2.75) is 26.4 Å². The van der Waals surface area contributed by atoms with E-state index in [0.717, 1.165) is 0 Å². The van der Waals surface area contributed by atoms with Gasteiger partial charge in [-0.2, -0.15) is 0 Å². The summed E-state index contributed by atoms with van der Waals surface area (Å²) in [5.74, 6) is -0.933. The lowest BCUT2D eigenvalue weighted by Gasteiger charge is -2.21. The van der Waals surface area contributed by atoms with Crippen LogP contribution in [-0.2, 0) is 4.74 Å². The first-order chi connectivity index (χ1) is 14.6. The molecule has 0 fully saturated rings. The molecule has 3 rings (SSSR count). The Morgan fingerprint density at radius 2 is 1.52 bits per heavy atom. The molecule has 0 atom stereocenters. The number of anilines is 1. The van der Waals surface area contributed by atoms with E-state index in [-0.39, 0.29) is 17.2 Å². The van der Waals surface area contributed by atoms with Gasteiger partial charge in [0.2, 0.25) is 0 Å². The zero-order valence-electron chi connectivity index (χ0n) is 17.4. The van der Waals surface area contributed by atoms with E-state index in [1.807, 2.05) is 0 Å². The number of hydrogen-bond acceptors (Lipinski definition) is 5. The van der Waals surface area contributed by atoms with Gasteiger partial charge < -0.3 is 10.1 Å². The second kappa shape index (κ2) is 8.79. The van der Waals surface area contributed by atoms with Crippen molar-refractivity contribution in [2.24, 2.45) is 0 Å². The number of benzene rings is 3. The van der Waals surface area contributed by atoms with Crippen LogP contribution in [0.2, 0.25) is 0 Å². The van der Waals surface area contributed by atoms with E-state index in [2.05, 4.69) is 5.32 Å². The Morgan fingerprint density at radius 3 is 2.10 bits per heavy atom. The highest BCUT2D eigenvalue weighted by atomic mass is 16.6. The number of nitrogens with zero attached hydrogens (tertiary/aromatic N) is 1. The molecule has 0 radical (unpaired) electrons. The van der Waals surface area contributed by atoms with E-state index in [4.69, 9.17) is 4.74 Å². The van der Waals surface area contributed by atoms with Crippen LogP contribution in [0.3, 0.4) is 0 Å². The molecule has 31 heavy (non-hydrogen) atoms. The smallest absolute Gasteiger partial charge is 0.340 e. The Kier molecular flexibility index (Phi) is 6.15. The SMILES string of the molecule is CC(C)(C)OC(=O)c1ccc(-c2ccc([N+](=O)[O-])cc2)cc1NC(=O)c1ccccc1. The molecule has 0 heterocycles. The van der Waals surface area contributed by atoms with Gasteiger partial charge >= 0.3 is 5.97 Å². The van der Waals surface area contributed by atoms with Gasteiger partial charge in [0.25, 0.3) is 11.6 Å². The molecule has 0 aliphatic rings. The maximum absolute atomic E-state index is 12.7. The summed E-state index contributed by atoms with van der Waals surface area (Å²) < 4.78 is 5.47. The van der Waals surface area contributed by atoms with Crippen molar-refractivity contribution in [2.75, 3.05) is 5.32 Å². The molecule has 3 aromatic rings. The molecule has 3 aromatic carbocycles. The number of rotatable bonds is 5. The molecule has 0 spiro atoms. The fraction of sp³-hybridized carbons (Fsp3) is 0.167. The van der Waals surface area contributed by atoms with Crippen molar-refractivity contribution in [3.05, 3.63) is 94.0 Å². The van der Waals surface area contributed by atoms with E-state index in [1.54, 1.807) is 81.4 Å². The van der Waals surface area contributed by atoms with Crippen LogP contribution < -0.4 is 5.32 Å². The van der Waals surface area contributed by atoms with Crippen LogP contribution in [-0.4, -0.2) is 22.4 Å². The standard InChI is InChI=1S/C24H22N2O5/c1-24(2,3)31-23(28)20-14-11-18(16-9-12-19(13-10-16)26(29)30)15-21(20)25-22(27)17-7-5-4-6-8-17/h4-15H,1-3H3,(H,25,27). The van der Waals surface area contributed by atoms with Gasteiger partial charge in [-0.15, -0.1) is 0 Å². The maximum atomic E-state index is 12.7. The average Bonchev–Trinajstić information content (AvgIpc) is 2.73. The number of non-ortho nitro benzene ring substituents is 1. The van der Waals surface area contributed by atoms with Crippen LogP contribution in [0, 0.1) is 10.1 Å². The van der Waals surface area contributed by atoms with E-state index >= 15 is 0 Å². The largest absolute Gasteiger partial charge is 0.456 e. The predicted octanol–water partition coefficient (Wildman–Crippen LogP) is 5.47. The number of nitro benzene ring substituents is 1. The third-order valence-corrected chi connectivity index (χ3v) is 4.33. The molecule has 0 unspecified atom stereocenters. The second-order valence-electron chi connectivity index (χ2n) is 7.89. The molecule has 1 N–H and O–H groups in total. The predicted molar refractivity (Wildman–Crippen MR) is 118 cm³/mol. The quantitative estimate of drug-likeness (QED) is 0.337. The fourth-order valence-corrected chi connectivity index (χ4v) is 2.90. The van der Waals surface area contributed by atoms with Crippen molar-refractivity contribution >= 4 is 23.3 Å². The highest BCUT2D eigenvalue weighted by Gasteiger charge is 2.22. The Balaban J connectivity index is 2.00. The van der Waals surface area contributed by atoms with Crippen molar-refractivity contribution in [3.63, 3.8) is 0 Å². The minimum absolute atomic E-state index is 0.0215. The Hall–Kier alpha value is -4.00. The van der Waals surface area contributed by atoms with Crippen molar-refractivity contribution in [1.29, 1.82) is 0 Å². The Bertz CT molecular complexity index is 1120. The minimum Gasteiger partial charge on any atom is -0.456 e. The first kappa shape index (κ1) is 21.7. The summed E-state index contributed by atoms with van der Waals surface area (Å²) in [7, 11) is 0. The van der Waals surface area contributed by atoms with E-state index in [9.17, 15) is 19.7 Å². The summed E-state index contributed by atoms with van der Waals surface area (Å²) in [6, 6.07) is 19.6. The Labute approximate surface area is 179 Å². The van der Waals surface area contributed by atoms with Crippen molar-refractivity contribution in [1.82, 2.24) is 0 Å². The number of carbonyl (C=O) groups excluding carboxylic acids is 2. The number of amides is 1. The summed E-state index contributed by atoms with van der Waals surface area (Å²) in [4.78, 5) is 35.8. The number of nitro groups is 1. The van der Waals surface area contributed by atoms with E-state index in [0.29, 0.717) is 22.4 Å². The van der Waals surface area contributed by atoms with Gasteiger partial charge in [0.15, 0.2) is 0 Å². The van der Waals surface area contributed by atoms with Crippen LogP contribution in [0.25, 0.3) is 11.1 Å². The van der Waals surface area contributed by atoms with E-state index in [1.165, 1.54) is 12.1 Å². The molecule has 0 saturated heterocycles. The number of ether oxygens (including phenoxy) is 1. The van der Waals surface area contributed by atoms with Crippen LogP contribution in [0.4, 0.5) is 11.4 Å². The first-order valence-electron chi connectivity index (χ1n) is 9.63. The first-order valence-corrected chi connectivity index (χ1v) is 9.63. The average molecular weight is 418 g/mol. The molecule has 0 saturated carbocycles. The van der Waals surface area contributed by atoms with Gasteiger partial charge in [0.1, 0.15) is 5.60 Å². The monoisotopic (exact) mass is 418 g/mol. The van der Waals surface area contributed by atoms with Crippen LogP contribution >= 0.6 is 0 Å². The minimum atomic E-state index is -0.700. The zero-order chi connectivity index (χ0) is 22.6. The van der Waals surface area contributed by atoms with Gasteiger partial charge in [-0.25, -0.2) is 4.79 Å². The zero-order valence-corrected chi connectivity index (χ0v) is 17.4. The molecule has 0 aromatic heterocycles. The molecule has 1 amide bonds. The Morgan fingerprint density at radius 1 is 0.903 bits per heavy atom. The van der Waals surface area contributed by atoms with Crippen molar-refractivity contribution in [3.8, 4) is 11.1 Å². The highest BCUT2D eigenvalue weighted by Crippen LogP contribution is 2.29. The van der Waals surface area contributed by atoms with Crippen molar-refractivity contribution < 1.29 is 19.2 Å². The summed E-state index contributed by atoms with van der Waals surface area (Å²) in [6.07, 6.45) is 0. The lowest BCUT2D eigenvalue weighted by Crippen LogP contribution is -2.25. The van der Waals surface area contributed by atoms with Crippen LogP contribution in [0.15, 0.2) is 72.8 Å². The summed E-state index contributed by atoms with van der Waals surface area (Å²) in [5, 5.41) is 13.7. The molecule has 0 bridgehead atoms. The van der Waals surface area contributed by atoms with Crippen LogP contribution in [0.1, 0.15) is 41.5 Å². The molecule has 7 nitrogen and oxygen atoms in total. The highest BCUT2D eigenvalue weighted by molar-refractivity contribution is 6.08. The number of nitrogens with one attached hydrogen (secondary N) is 1. The summed E-state index contributed by atoms with van der Waals surface area (Å²) >= 11 is 0. The fourth-order valence-electron chi connectivity index (χ4n) is 2.90. The van der Waals surface area contributed by atoms with Gasteiger partial charge in [-0.1, -0.05) is 24.3 Å². The van der Waals surface area contributed by atoms with Gasteiger partial charge in [0.05, 0.1) is 16.2 Å². The van der Waals surface area contributed by atoms with Crippen LogP contribution in [0.5, 0.6) is 0 Å². The van der Waals surface area contributed by atoms with Gasteiger partial charge in [-0.3, -0.25) is 14.9 Å². The summed E-state index contributed by atoms with van der Waals surface area (Å²) in [5.41, 5.74) is 1.62. The second-order valence-corrected chi connectivity index (χ2v) is 7.89. The number of hydrogen-bond donors (Lipinski definition) is 1. The lowest BCUT2D eigenvalue weighted by molar-refractivity contribution is -0.384. The maximum Gasteiger partial charge on any atom is 0.340 e. The molecule has 7 heteroatoms.